The molecule has 4 rings (SSSR count). The maximum Gasteiger partial charge on any atom is 0.188 e. The number of likely N-dealkylation sites (tertiary alicyclic amines) is 1. The van der Waals surface area contributed by atoms with Crippen molar-refractivity contribution in [2.75, 3.05) is 39.5 Å². The van der Waals surface area contributed by atoms with Crippen LogP contribution in [-0.4, -0.2) is 57.5 Å². The third kappa shape index (κ3) is 5.20. The highest BCUT2D eigenvalue weighted by Gasteiger charge is 2.47. The van der Waals surface area contributed by atoms with E-state index in [4.69, 9.17) is 26.3 Å². The third-order valence-corrected chi connectivity index (χ3v) is 9.35. The fourth-order valence-electron chi connectivity index (χ4n) is 4.44. The van der Waals surface area contributed by atoms with Gasteiger partial charge < -0.3 is 14.4 Å². The van der Waals surface area contributed by atoms with E-state index in [9.17, 15) is 8.42 Å². The lowest BCUT2D eigenvalue weighted by atomic mass is 9.99. The summed E-state index contributed by atoms with van der Waals surface area (Å²) >= 11 is 6.12. The second-order valence-corrected chi connectivity index (χ2v) is 12.3. The van der Waals surface area contributed by atoms with Crippen molar-refractivity contribution in [3.05, 3.63) is 58.6 Å². The first-order valence-corrected chi connectivity index (χ1v) is 13.0. The van der Waals surface area contributed by atoms with Crippen LogP contribution in [0.15, 0.2) is 47.4 Å². The first-order chi connectivity index (χ1) is 15.7. The monoisotopic (exact) mass is 488 g/mol. The zero-order valence-electron chi connectivity index (χ0n) is 19.0. The highest BCUT2D eigenvalue weighted by atomic mass is 35.5. The molecule has 2 atom stereocenters. The number of rotatable bonds is 8. The predicted octanol–water partition coefficient (Wildman–Crippen LogP) is 3.96. The number of ether oxygens (including phenoxy) is 2. The molecule has 2 fully saturated rings. The van der Waals surface area contributed by atoms with Crippen LogP contribution in [0.25, 0.3) is 0 Å². The number of halogens is 1. The lowest BCUT2D eigenvalue weighted by Gasteiger charge is -2.37. The van der Waals surface area contributed by atoms with Crippen molar-refractivity contribution in [3.8, 4) is 11.8 Å². The zero-order valence-corrected chi connectivity index (χ0v) is 20.5. The van der Waals surface area contributed by atoms with Gasteiger partial charge in [-0.05, 0) is 67.3 Å². The Labute approximate surface area is 201 Å². The van der Waals surface area contributed by atoms with Gasteiger partial charge in [-0.2, -0.15) is 5.26 Å². The van der Waals surface area contributed by atoms with Crippen LogP contribution < -0.4 is 4.74 Å². The lowest BCUT2D eigenvalue weighted by Crippen LogP contribution is -2.53. The Hall–Kier alpha value is -2.11. The maximum atomic E-state index is 12.8. The Bertz CT molecular complexity index is 1140. The van der Waals surface area contributed by atoms with E-state index in [0.29, 0.717) is 39.7 Å². The number of nitrogens with zero attached hydrogens (tertiary/aromatic N) is 2. The van der Waals surface area contributed by atoms with E-state index in [1.54, 1.807) is 37.3 Å². The summed E-state index contributed by atoms with van der Waals surface area (Å²) < 4.78 is 35.8. The van der Waals surface area contributed by atoms with Crippen molar-refractivity contribution in [1.29, 1.82) is 5.26 Å². The zero-order chi connectivity index (χ0) is 23.6. The maximum absolute atomic E-state index is 12.8. The van der Waals surface area contributed by atoms with E-state index in [1.807, 2.05) is 12.1 Å². The molecule has 0 aliphatic carbocycles. The number of hydrogen-bond acceptors (Lipinski definition) is 6. The molecule has 2 unspecified atom stereocenters. The van der Waals surface area contributed by atoms with Crippen molar-refractivity contribution >= 4 is 21.4 Å². The molecule has 0 amide bonds. The van der Waals surface area contributed by atoms with Gasteiger partial charge in [0.25, 0.3) is 0 Å². The average molecular weight is 489 g/mol. The molecule has 2 heterocycles. The Kier molecular flexibility index (Phi) is 7.01. The smallest absolute Gasteiger partial charge is 0.188 e. The minimum Gasteiger partial charge on any atom is -0.493 e. The molecule has 0 radical (unpaired) electrons. The Morgan fingerprint density at radius 2 is 1.94 bits per heavy atom. The van der Waals surface area contributed by atoms with Crippen molar-refractivity contribution in [1.82, 2.24) is 4.90 Å². The van der Waals surface area contributed by atoms with Crippen LogP contribution in [0.2, 0.25) is 5.02 Å². The molecule has 0 saturated carbocycles. The second-order valence-electron chi connectivity index (χ2n) is 9.44. The van der Waals surface area contributed by atoms with E-state index >= 15 is 0 Å². The van der Waals surface area contributed by atoms with Gasteiger partial charge >= 0.3 is 0 Å². The molecule has 0 N–H and O–H groups in total. The van der Waals surface area contributed by atoms with Crippen LogP contribution in [0.3, 0.4) is 0 Å². The summed E-state index contributed by atoms with van der Waals surface area (Å²) in [6.45, 7) is 7.86. The van der Waals surface area contributed by atoms with Gasteiger partial charge in [0.2, 0.25) is 0 Å². The van der Waals surface area contributed by atoms with E-state index in [2.05, 4.69) is 17.9 Å². The van der Waals surface area contributed by atoms with Gasteiger partial charge in [-0.15, -0.1) is 0 Å². The quantitative estimate of drug-likeness (QED) is 0.559. The van der Waals surface area contributed by atoms with Gasteiger partial charge in [-0.3, -0.25) is 0 Å². The Balaban J connectivity index is 1.29. The third-order valence-electron chi connectivity index (χ3n) is 6.71. The van der Waals surface area contributed by atoms with E-state index in [-0.39, 0.29) is 13.2 Å². The minimum absolute atomic E-state index is 0.237. The summed E-state index contributed by atoms with van der Waals surface area (Å²) in [6.07, 6.45) is 0.843. The lowest BCUT2D eigenvalue weighted by molar-refractivity contribution is -0.00490. The first-order valence-electron chi connectivity index (χ1n) is 11.2. The molecule has 33 heavy (non-hydrogen) atoms. The van der Waals surface area contributed by atoms with E-state index in [0.717, 1.165) is 31.6 Å². The van der Waals surface area contributed by atoms with Crippen LogP contribution in [0.5, 0.6) is 5.75 Å². The molecule has 8 heteroatoms. The van der Waals surface area contributed by atoms with Crippen LogP contribution in [-0.2, 0) is 21.0 Å². The van der Waals surface area contributed by atoms with E-state index < -0.39 is 14.6 Å². The summed E-state index contributed by atoms with van der Waals surface area (Å²) in [6, 6.07) is 14.4. The Morgan fingerprint density at radius 3 is 2.58 bits per heavy atom. The average Bonchev–Trinajstić information content (AvgIpc) is 3.13. The number of benzene rings is 2. The van der Waals surface area contributed by atoms with Crippen LogP contribution >= 0.6 is 11.6 Å². The number of sulfone groups is 1. The van der Waals surface area contributed by atoms with Gasteiger partial charge in [-0.1, -0.05) is 18.5 Å². The minimum atomic E-state index is -3.41. The summed E-state index contributed by atoms with van der Waals surface area (Å²) in [4.78, 5) is 2.73. The highest BCUT2D eigenvalue weighted by molar-refractivity contribution is 7.93. The molecule has 6 nitrogen and oxygen atoms in total. The number of hydrogen-bond donors (Lipinski definition) is 0. The molecular formula is C25H29ClN2O4S. The summed E-state index contributed by atoms with van der Waals surface area (Å²) in [7, 11) is -3.41. The summed E-state index contributed by atoms with van der Waals surface area (Å²) in [5, 5.41) is 9.72. The molecule has 2 aromatic rings. The molecule has 0 aromatic heterocycles. The van der Waals surface area contributed by atoms with Crippen LogP contribution in [0, 0.1) is 23.2 Å². The summed E-state index contributed by atoms with van der Waals surface area (Å²) in [5.74, 6) is 1.57. The molecule has 2 aromatic carbocycles. The van der Waals surface area contributed by atoms with E-state index in [1.165, 1.54) is 0 Å². The van der Waals surface area contributed by atoms with Gasteiger partial charge in [0.1, 0.15) is 10.5 Å². The predicted molar refractivity (Wildman–Crippen MR) is 127 cm³/mol. The topological polar surface area (TPSA) is 79.6 Å². The van der Waals surface area contributed by atoms with Crippen molar-refractivity contribution in [2.45, 2.75) is 29.9 Å². The van der Waals surface area contributed by atoms with Gasteiger partial charge in [0, 0.05) is 30.6 Å². The molecule has 2 saturated heterocycles. The SMILES string of the molecule is CC1CN(CCc2cc(Cl)cc(C#N)c2)CC1COc1ccc(S(=O)(=O)C2(C)COC2)cc1. The summed E-state index contributed by atoms with van der Waals surface area (Å²) in [5.41, 5.74) is 1.66. The fourth-order valence-corrected chi connectivity index (χ4v) is 6.23. The van der Waals surface area contributed by atoms with Gasteiger partial charge in [0.15, 0.2) is 9.84 Å². The largest absolute Gasteiger partial charge is 0.493 e. The van der Waals surface area contributed by atoms with Crippen molar-refractivity contribution < 1.29 is 17.9 Å². The molecule has 0 spiro atoms. The van der Waals surface area contributed by atoms with Crippen LogP contribution in [0.1, 0.15) is 25.0 Å². The molecule has 0 bridgehead atoms. The van der Waals surface area contributed by atoms with Crippen molar-refractivity contribution in [2.24, 2.45) is 11.8 Å². The first kappa shape index (κ1) is 24.0. The van der Waals surface area contributed by atoms with Crippen LogP contribution in [0.4, 0.5) is 0 Å². The number of nitriles is 1. The molecule has 176 valence electrons. The molecular weight excluding hydrogens is 460 g/mol. The van der Waals surface area contributed by atoms with Gasteiger partial charge in [0.05, 0.1) is 36.3 Å². The fraction of sp³-hybridized carbons (Fsp3) is 0.480. The molecule has 2 aliphatic heterocycles. The Morgan fingerprint density at radius 1 is 1.21 bits per heavy atom. The second kappa shape index (κ2) is 9.63. The van der Waals surface area contributed by atoms with Gasteiger partial charge in [-0.25, -0.2) is 8.42 Å². The molecule has 2 aliphatic rings. The normalized spacial score (nSPS) is 22.5. The van der Waals surface area contributed by atoms with Crippen molar-refractivity contribution in [3.63, 3.8) is 0 Å². The highest BCUT2D eigenvalue weighted by Crippen LogP contribution is 2.33. The standard InChI is InChI=1S/C25H29ClN2O4S/c1-18-13-28(8-7-19-9-20(12-27)11-22(26)10-19)14-21(18)15-32-23-3-5-24(6-4-23)33(29,30)25(2)16-31-17-25/h3-6,9-11,18,21H,7-8,13-17H2,1-2H3.